The first kappa shape index (κ1) is 12.5. The van der Waals surface area contributed by atoms with Gasteiger partial charge in [0.15, 0.2) is 0 Å². The van der Waals surface area contributed by atoms with Crippen LogP contribution in [-0.4, -0.2) is 11.9 Å². The van der Waals surface area contributed by atoms with Gasteiger partial charge >= 0.3 is 0 Å². The van der Waals surface area contributed by atoms with Crippen molar-refractivity contribution in [2.24, 2.45) is 11.8 Å². The van der Waals surface area contributed by atoms with E-state index in [1.165, 1.54) is 6.42 Å². The van der Waals surface area contributed by atoms with Crippen LogP contribution < -0.4 is 5.32 Å². The lowest BCUT2D eigenvalue weighted by molar-refractivity contribution is 0.0924. The Morgan fingerprint density at radius 2 is 2.00 bits per heavy atom. The molecule has 2 rings (SSSR count). The Hall–Kier alpha value is -0.960. The second kappa shape index (κ2) is 5.13. The predicted molar refractivity (Wildman–Crippen MR) is 72.5 cm³/mol. The SMILES string of the molecule is CC1CCC(NC(=O)c2ccccc2S)C1C. The maximum atomic E-state index is 12.1. The molecule has 1 fully saturated rings. The molecule has 0 spiro atoms. The van der Waals surface area contributed by atoms with Gasteiger partial charge < -0.3 is 5.32 Å². The van der Waals surface area contributed by atoms with E-state index in [9.17, 15) is 4.79 Å². The Morgan fingerprint density at radius 1 is 1.29 bits per heavy atom. The van der Waals surface area contributed by atoms with Crippen LogP contribution in [0.4, 0.5) is 0 Å². The third kappa shape index (κ3) is 2.65. The lowest BCUT2D eigenvalue weighted by Crippen LogP contribution is -2.37. The summed E-state index contributed by atoms with van der Waals surface area (Å²) in [5.74, 6) is 1.26. The molecule has 17 heavy (non-hydrogen) atoms. The molecular formula is C14H19NOS. The largest absolute Gasteiger partial charge is 0.349 e. The van der Waals surface area contributed by atoms with Gasteiger partial charge in [0.05, 0.1) is 5.56 Å². The van der Waals surface area contributed by atoms with Crippen LogP contribution in [0.5, 0.6) is 0 Å². The van der Waals surface area contributed by atoms with Crippen molar-refractivity contribution in [3.8, 4) is 0 Å². The van der Waals surface area contributed by atoms with E-state index in [2.05, 4.69) is 31.8 Å². The molecule has 1 aromatic rings. The van der Waals surface area contributed by atoms with Gasteiger partial charge in [0, 0.05) is 10.9 Å². The molecule has 1 amide bonds. The zero-order chi connectivity index (χ0) is 12.4. The number of hydrogen-bond donors (Lipinski definition) is 2. The molecule has 1 aliphatic carbocycles. The summed E-state index contributed by atoms with van der Waals surface area (Å²) in [5, 5.41) is 3.13. The van der Waals surface area contributed by atoms with Gasteiger partial charge in [0.25, 0.3) is 5.91 Å². The standard InChI is InChI=1S/C14H19NOS/c1-9-7-8-12(10(9)2)15-14(16)11-5-3-4-6-13(11)17/h3-6,9-10,12,17H,7-8H2,1-2H3,(H,15,16). The van der Waals surface area contributed by atoms with Crippen molar-refractivity contribution >= 4 is 18.5 Å². The maximum absolute atomic E-state index is 12.1. The van der Waals surface area contributed by atoms with Crippen molar-refractivity contribution in [2.45, 2.75) is 37.6 Å². The van der Waals surface area contributed by atoms with Crippen LogP contribution in [0.2, 0.25) is 0 Å². The highest BCUT2D eigenvalue weighted by Crippen LogP contribution is 2.31. The number of hydrogen-bond acceptors (Lipinski definition) is 2. The summed E-state index contributed by atoms with van der Waals surface area (Å²) in [6, 6.07) is 7.74. The molecule has 1 aromatic carbocycles. The second-order valence-corrected chi connectivity index (χ2v) is 5.49. The molecule has 92 valence electrons. The first-order chi connectivity index (χ1) is 8.09. The summed E-state index contributed by atoms with van der Waals surface area (Å²) in [4.78, 5) is 12.9. The van der Waals surface area contributed by atoms with Gasteiger partial charge in [-0.3, -0.25) is 4.79 Å². The monoisotopic (exact) mass is 249 g/mol. The highest BCUT2D eigenvalue weighted by Gasteiger charge is 2.31. The third-order valence-corrected chi connectivity index (χ3v) is 4.32. The predicted octanol–water partition coefficient (Wildman–Crippen LogP) is 3.14. The van der Waals surface area contributed by atoms with E-state index < -0.39 is 0 Å². The number of benzene rings is 1. The summed E-state index contributed by atoms with van der Waals surface area (Å²) in [6.45, 7) is 4.47. The van der Waals surface area contributed by atoms with E-state index >= 15 is 0 Å². The van der Waals surface area contributed by atoms with Gasteiger partial charge in [0.1, 0.15) is 0 Å². The van der Waals surface area contributed by atoms with Crippen LogP contribution in [0.3, 0.4) is 0 Å². The molecule has 1 saturated carbocycles. The highest BCUT2D eigenvalue weighted by atomic mass is 32.1. The molecule has 0 bridgehead atoms. The molecule has 0 radical (unpaired) electrons. The minimum absolute atomic E-state index is 0.00144. The number of carbonyl (C=O) groups is 1. The molecule has 3 unspecified atom stereocenters. The normalized spacial score (nSPS) is 28.1. The van der Waals surface area contributed by atoms with Crippen LogP contribution in [0.15, 0.2) is 29.2 Å². The fraction of sp³-hybridized carbons (Fsp3) is 0.500. The Kier molecular flexibility index (Phi) is 3.77. The number of carbonyl (C=O) groups excluding carboxylic acids is 1. The molecule has 0 heterocycles. The van der Waals surface area contributed by atoms with E-state index in [1.54, 1.807) is 0 Å². The van der Waals surface area contributed by atoms with E-state index in [0.717, 1.165) is 11.3 Å². The molecule has 3 atom stereocenters. The number of amides is 1. The van der Waals surface area contributed by atoms with Crippen molar-refractivity contribution < 1.29 is 4.79 Å². The number of thiol groups is 1. The van der Waals surface area contributed by atoms with Crippen LogP contribution in [0.1, 0.15) is 37.0 Å². The second-order valence-electron chi connectivity index (χ2n) is 5.01. The summed E-state index contributed by atoms with van der Waals surface area (Å²) in [5.41, 5.74) is 0.669. The molecule has 0 aliphatic heterocycles. The van der Waals surface area contributed by atoms with Crippen LogP contribution in [-0.2, 0) is 0 Å². The summed E-state index contributed by atoms with van der Waals surface area (Å²) < 4.78 is 0. The van der Waals surface area contributed by atoms with E-state index in [1.807, 2.05) is 24.3 Å². The van der Waals surface area contributed by atoms with Crippen molar-refractivity contribution in [1.82, 2.24) is 5.32 Å². The first-order valence-corrected chi connectivity index (χ1v) is 6.63. The average molecular weight is 249 g/mol. The smallest absolute Gasteiger partial charge is 0.252 e. The molecular weight excluding hydrogens is 230 g/mol. The van der Waals surface area contributed by atoms with Gasteiger partial charge in [-0.2, -0.15) is 0 Å². The van der Waals surface area contributed by atoms with Gasteiger partial charge in [-0.05, 0) is 36.8 Å². The Morgan fingerprint density at radius 3 is 2.59 bits per heavy atom. The zero-order valence-electron chi connectivity index (χ0n) is 10.3. The lowest BCUT2D eigenvalue weighted by atomic mass is 9.97. The fourth-order valence-corrected chi connectivity index (χ4v) is 2.74. The molecule has 2 nitrogen and oxygen atoms in total. The fourth-order valence-electron chi connectivity index (χ4n) is 2.48. The Bertz CT molecular complexity index is 418. The van der Waals surface area contributed by atoms with Gasteiger partial charge in [0.2, 0.25) is 0 Å². The van der Waals surface area contributed by atoms with Gasteiger partial charge in [-0.15, -0.1) is 12.6 Å². The first-order valence-electron chi connectivity index (χ1n) is 6.18. The van der Waals surface area contributed by atoms with Crippen LogP contribution >= 0.6 is 12.6 Å². The van der Waals surface area contributed by atoms with Crippen LogP contribution in [0.25, 0.3) is 0 Å². The molecule has 3 heteroatoms. The lowest BCUT2D eigenvalue weighted by Gasteiger charge is -2.20. The van der Waals surface area contributed by atoms with Crippen molar-refractivity contribution in [3.63, 3.8) is 0 Å². The topological polar surface area (TPSA) is 29.1 Å². The van der Waals surface area contributed by atoms with E-state index in [4.69, 9.17) is 0 Å². The van der Waals surface area contributed by atoms with Gasteiger partial charge in [-0.1, -0.05) is 26.0 Å². The van der Waals surface area contributed by atoms with Crippen molar-refractivity contribution in [2.75, 3.05) is 0 Å². The third-order valence-electron chi connectivity index (χ3n) is 3.93. The van der Waals surface area contributed by atoms with Crippen molar-refractivity contribution in [1.29, 1.82) is 0 Å². The molecule has 0 aromatic heterocycles. The summed E-state index contributed by atoms with van der Waals surface area (Å²) in [7, 11) is 0. The Labute approximate surface area is 108 Å². The summed E-state index contributed by atoms with van der Waals surface area (Å²) in [6.07, 6.45) is 2.29. The number of nitrogens with one attached hydrogen (secondary N) is 1. The minimum atomic E-state index is 0.00144. The summed E-state index contributed by atoms with van der Waals surface area (Å²) >= 11 is 4.31. The van der Waals surface area contributed by atoms with Crippen molar-refractivity contribution in [3.05, 3.63) is 29.8 Å². The Balaban J connectivity index is 2.05. The average Bonchev–Trinajstić information content (AvgIpc) is 2.61. The molecule has 1 aliphatic rings. The maximum Gasteiger partial charge on any atom is 0.252 e. The van der Waals surface area contributed by atoms with Gasteiger partial charge in [-0.25, -0.2) is 0 Å². The minimum Gasteiger partial charge on any atom is -0.349 e. The molecule has 1 N–H and O–H groups in total. The van der Waals surface area contributed by atoms with E-state index in [0.29, 0.717) is 23.4 Å². The van der Waals surface area contributed by atoms with E-state index in [-0.39, 0.29) is 5.91 Å². The zero-order valence-corrected chi connectivity index (χ0v) is 11.2. The molecule has 0 saturated heterocycles. The quantitative estimate of drug-likeness (QED) is 0.775. The highest BCUT2D eigenvalue weighted by molar-refractivity contribution is 7.80. The van der Waals surface area contributed by atoms with Crippen LogP contribution in [0, 0.1) is 11.8 Å². The number of rotatable bonds is 2.